The molecular weight excluding hydrogens is 404 g/mol. The average molecular weight is 423 g/mol. The Morgan fingerprint density at radius 1 is 1.07 bits per heavy atom. The highest BCUT2D eigenvalue weighted by atomic mass is 35.5. The number of hydrogen-bond donors (Lipinski definition) is 0. The van der Waals surface area contributed by atoms with Crippen LogP contribution in [0.5, 0.6) is 11.5 Å². The molecule has 1 aromatic heterocycles. The second-order valence-electron chi connectivity index (χ2n) is 7.19. The van der Waals surface area contributed by atoms with Crippen LogP contribution in [-0.4, -0.2) is 35.7 Å². The minimum Gasteiger partial charge on any atom is -0.486 e. The zero-order valence-electron chi connectivity index (χ0n) is 16.1. The van der Waals surface area contributed by atoms with Gasteiger partial charge in [0.2, 0.25) is 5.91 Å². The molecule has 0 saturated heterocycles. The van der Waals surface area contributed by atoms with E-state index in [2.05, 4.69) is 5.16 Å². The lowest BCUT2D eigenvalue weighted by Crippen LogP contribution is -2.34. The summed E-state index contributed by atoms with van der Waals surface area (Å²) in [4.78, 5) is 14.6. The highest BCUT2D eigenvalue weighted by molar-refractivity contribution is 6.30. The summed E-state index contributed by atoms with van der Waals surface area (Å²) in [6.45, 7) is 2.15. The van der Waals surface area contributed by atoms with Gasteiger partial charge in [-0.3, -0.25) is 4.79 Å². The summed E-state index contributed by atoms with van der Waals surface area (Å²) in [6, 6.07) is 13.1. The summed E-state index contributed by atoms with van der Waals surface area (Å²) >= 11 is 5.98. The van der Waals surface area contributed by atoms with Crippen LogP contribution >= 0.6 is 11.6 Å². The predicted octanol–water partition coefficient (Wildman–Crippen LogP) is 4.36. The molecule has 3 heterocycles. The van der Waals surface area contributed by atoms with E-state index in [1.807, 2.05) is 42.5 Å². The summed E-state index contributed by atoms with van der Waals surface area (Å²) in [5, 5.41) is 4.85. The SMILES string of the molecule is O=C(/C=C\c1ccc2c(c1)OCCO2)N1CCc2noc(-c3ccc(Cl)cc3)c2C1. The molecule has 0 fully saturated rings. The molecule has 0 bridgehead atoms. The zero-order chi connectivity index (χ0) is 20.5. The summed E-state index contributed by atoms with van der Waals surface area (Å²) in [6.07, 6.45) is 4.05. The molecule has 2 aliphatic heterocycles. The van der Waals surface area contributed by atoms with E-state index in [1.165, 1.54) is 0 Å². The number of carbonyl (C=O) groups excluding carboxylic acids is 1. The zero-order valence-corrected chi connectivity index (χ0v) is 16.9. The fourth-order valence-electron chi connectivity index (χ4n) is 3.67. The van der Waals surface area contributed by atoms with Gasteiger partial charge < -0.3 is 18.9 Å². The molecule has 0 unspecified atom stereocenters. The standard InChI is InChI=1S/C23H19ClN2O4/c24-17-5-3-16(4-6-17)23-18-14-26(10-9-19(18)25-30-23)22(27)8-2-15-1-7-20-21(13-15)29-12-11-28-20/h1-8,13H,9-12,14H2/b8-2-. The van der Waals surface area contributed by atoms with Crippen LogP contribution < -0.4 is 9.47 Å². The van der Waals surface area contributed by atoms with Gasteiger partial charge in [-0.15, -0.1) is 0 Å². The number of amides is 1. The van der Waals surface area contributed by atoms with Crippen molar-refractivity contribution in [3.8, 4) is 22.8 Å². The van der Waals surface area contributed by atoms with Gasteiger partial charge in [-0.25, -0.2) is 0 Å². The Morgan fingerprint density at radius 3 is 2.70 bits per heavy atom. The first-order chi connectivity index (χ1) is 14.7. The van der Waals surface area contributed by atoms with Crippen molar-refractivity contribution < 1.29 is 18.8 Å². The van der Waals surface area contributed by atoms with E-state index in [0.29, 0.717) is 49.3 Å². The number of carbonyl (C=O) groups is 1. The third kappa shape index (κ3) is 3.66. The number of aromatic nitrogens is 1. The van der Waals surface area contributed by atoms with Crippen LogP contribution in [0.2, 0.25) is 5.02 Å². The lowest BCUT2D eigenvalue weighted by Gasteiger charge is -2.25. The van der Waals surface area contributed by atoms with Crippen LogP contribution in [0.15, 0.2) is 53.1 Å². The second-order valence-corrected chi connectivity index (χ2v) is 7.63. The average Bonchev–Trinajstić information content (AvgIpc) is 3.21. The molecule has 0 atom stereocenters. The molecule has 30 heavy (non-hydrogen) atoms. The Morgan fingerprint density at radius 2 is 1.87 bits per heavy atom. The van der Waals surface area contributed by atoms with Crippen LogP contribution in [0.4, 0.5) is 0 Å². The van der Waals surface area contributed by atoms with E-state index in [-0.39, 0.29) is 5.91 Å². The lowest BCUT2D eigenvalue weighted by atomic mass is 10.0. The molecule has 1 amide bonds. The van der Waals surface area contributed by atoms with Gasteiger partial charge in [0.1, 0.15) is 13.2 Å². The van der Waals surface area contributed by atoms with Gasteiger partial charge in [0, 0.05) is 35.2 Å². The van der Waals surface area contributed by atoms with Gasteiger partial charge in [-0.1, -0.05) is 22.8 Å². The van der Waals surface area contributed by atoms with Crippen molar-refractivity contribution in [2.45, 2.75) is 13.0 Å². The van der Waals surface area contributed by atoms with E-state index in [0.717, 1.165) is 28.1 Å². The van der Waals surface area contributed by atoms with E-state index in [9.17, 15) is 4.79 Å². The maximum absolute atomic E-state index is 12.8. The monoisotopic (exact) mass is 422 g/mol. The Bertz CT molecular complexity index is 1120. The molecule has 0 aliphatic carbocycles. The van der Waals surface area contributed by atoms with Crippen molar-refractivity contribution in [1.82, 2.24) is 10.1 Å². The number of ether oxygens (including phenoxy) is 2. The third-order valence-corrected chi connectivity index (χ3v) is 5.49. The van der Waals surface area contributed by atoms with Crippen LogP contribution in [0.1, 0.15) is 16.8 Å². The van der Waals surface area contributed by atoms with Gasteiger partial charge >= 0.3 is 0 Å². The number of hydrogen-bond acceptors (Lipinski definition) is 5. The first-order valence-corrected chi connectivity index (χ1v) is 10.2. The molecule has 0 saturated carbocycles. The lowest BCUT2D eigenvalue weighted by molar-refractivity contribution is -0.126. The molecule has 152 valence electrons. The van der Waals surface area contributed by atoms with Crippen LogP contribution in [-0.2, 0) is 17.8 Å². The number of halogens is 1. The predicted molar refractivity (Wildman–Crippen MR) is 113 cm³/mol. The molecule has 0 radical (unpaired) electrons. The van der Waals surface area contributed by atoms with E-state index < -0.39 is 0 Å². The molecule has 2 aliphatic rings. The van der Waals surface area contributed by atoms with Crippen molar-refractivity contribution in [2.75, 3.05) is 19.8 Å². The Labute approximate surface area is 178 Å². The topological polar surface area (TPSA) is 64.8 Å². The van der Waals surface area contributed by atoms with E-state index in [4.69, 9.17) is 25.6 Å². The smallest absolute Gasteiger partial charge is 0.246 e. The highest BCUT2D eigenvalue weighted by Crippen LogP contribution is 2.32. The quantitative estimate of drug-likeness (QED) is 0.586. The summed E-state index contributed by atoms with van der Waals surface area (Å²) in [5.74, 6) is 2.07. The molecular formula is C23H19ClN2O4. The Balaban J connectivity index is 1.32. The van der Waals surface area contributed by atoms with Crippen LogP contribution in [0.3, 0.4) is 0 Å². The van der Waals surface area contributed by atoms with Gasteiger partial charge in [0.15, 0.2) is 17.3 Å². The molecule has 3 aromatic rings. The maximum Gasteiger partial charge on any atom is 0.246 e. The van der Waals surface area contributed by atoms with Crippen LogP contribution in [0.25, 0.3) is 17.4 Å². The van der Waals surface area contributed by atoms with Gasteiger partial charge in [0.05, 0.1) is 12.2 Å². The molecule has 0 N–H and O–H groups in total. The maximum atomic E-state index is 12.8. The Hall–Kier alpha value is -3.25. The third-order valence-electron chi connectivity index (χ3n) is 5.24. The van der Waals surface area contributed by atoms with Crippen molar-refractivity contribution in [2.24, 2.45) is 0 Å². The largest absolute Gasteiger partial charge is 0.486 e. The second kappa shape index (κ2) is 7.88. The molecule has 6 nitrogen and oxygen atoms in total. The first kappa shape index (κ1) is 18.8. The Kier molecular flexibility index (Phi) is 4.93. The fraction of sp³-hybridized carbons (Fsp3) is 0.217. The minimum atomic E-state index is -0.0567. The van der Waals surface area contributed by atoms with E-state index >= 15 is 0 Å². The van der Waals surface area contributed by atoms with Crippen molar-refractivity contribution >= 4 is 23.6 Å². The van der Waals surface area contributed by atoms with Crippen LogP contribution in [0, 0.1) is 0 Å². The van der Waals surface area contributed by atoms with Crippen molar-refractivity contribution in [3.63, 3.8) is 0 Å². The fourth-order valence-corrected chi connectivity index (χ4v) is 3.79. The van der Waals surface area contributed by atoms with E-state index in [1.54, 1.807) is 17.1 Å². The number of rotatable bonds is 3. The van der Waals surface area contributed by atoms with Gasteiger partial charge in [-0.2, -0.15) is 0 Å². The normalized spacial score (nSPS) is 15.3. The number of fused-ring (bicyclic) bond motifs is 2. The minimum absolute atomic E-state index is 0.0567. The van der Waals surface area contributed by atoms with Crippen molar-refractivity contribution in [1.29, 1.82) is 0 Å². The first-order valence-electron chi connectivity index (χ1n) is 9.77. The summed E-state index contributed by atoms with van der Waals surface area (Å²) < 4.78 is 16.7. The number of benzene rings is 2. The number of nitrogens with zero attached hydrogens (tertiary/aromatic N) is 2. The van der Waals surface area contributed by atoms with Crippen molar-refractivity contribution in [3.05, 3.63) is 70.4 Å². The molecule has 7 heteroatoms. The molecule has 5 rings (SSSR count). The molecule has 2 aromatic carbocycles. The highest BCUT2D eigenvalue weighted by Gasteiger charge is 2.26. The van der Waals surface area contributed by atoms with Gasteiger partial charge in [-0.05, 0) is 48.0 Å². The summed E-state index contributed by atoms with van der Waals surface area (Å²) in [5.41, 5.74) is 3.64. The molecule has 0 spiro atoms. The summed E-state index contributed by atoms with van der Waals surface area (Å²) in [7, 11) is 0. The van der Waals surface area contributed by atoms with Gasteiger partial charge in [0.25, 0.3) is 0 Å².